The van der Waals surface area contributed by atoms with E-state index in [2.05, 4.69) is 44.7 Å². The van der Waals surface area contributed by atoms with E-state index in [0.29, 0.717) is 0 Å². The molecule has 0 radical (unpaired) electrons. The zero-order valence-electron chi connectivity index (χ0n) is 16.3. The van der Waals surface area contributed by atoms with Gasteiger partial charge in [-0.1, -0.05) is 54.6 Å². The molecule has 2 heterocycles. The average molecular weight is 434 g/mol. The lowest BCUT2D eigenvalue weighted by Crippen LogP contribution is -2.24. The molecule has 0 aliphatic carbocycles. The summed E-state index contributed by atoms with van der Waals surface area (Å²) in [5, 5.41) is 1.69. The first-order valence-electron chi connectivity index (χ1n) is 9.69. The number of nitrogens with zero attached hydrogens (tertiary/aromatic N) is 2. The van der Waals surface area contributed by atoms with Gasteiger partial charge in [-0.2, -0.15) is 12.6 Å². The van der Waals surface area contributed by atoms with Crippen LogP contribution < -0.4 is 5.73 Å². The molecule has 4 N–H and O–H groups in total. The van der Waals surface area contributed by atoms with Crippen molar-refractivity contribution in [3.8, 4) is 0 Å². The fraction of sp³-hybridized carbons (Fsp3) is 0.130. The molecule has 0 aliphatic heterocycles. The lowest BCUT2D eigenvalue weighted by molar-refractivity contribution is 0.751. The second-order valence-electron chi connectivity index (χ2n) is 6.85. The molecule has 0 amide bonds. The quantitative estimate of drug-likeness (QED) is 0.291. The van der Waals surface area contributed by atoms with Crippen molar-refractivity contribution in [1.82, 2.24) is 19.9 Å². The van der Waals surface area contributed by atoms with E-state index < -0.39 is 0 Å². The number of fused-ring (bicyclic) bond motifs is 2. The second-order valence-corrected chi connectivity index (χ2v) is 8.20. The molecular weight excluding hydrogens is 410 g/mol. The van der Waals surface area contributed by atoms with Gasteiger partial charge >= 0.3 is 0 Å². The SMILES string of the molecule is N[C@@H](CS)Cc1ccccc1.c1ccc2[nH]c(Sc3nc4ccccc4[nH]3)nc2c1. The van der Waals surface area contributed by atoms with Crippen LogP contribution in [0.4, 0.5) is 0 Å². The van der Waals surface area contributed by atoms with Crippen molar-refractivity contribution in [3.63, 3.8) is 0 Å². The molecule has 30 heavy (non-hydrogen) atoms. The molecule has 2 aromatic heterocycles. The molecule has 7 heteroatoms. The Hall–Kier alpha value is -2.74. The number of aromatic amines is 2. The Morgan fingerprint density at radius 2 is 1.27 bits per heavy atom. The Kier molecular flexibility index (Phi) is 6.74. The predicted molar refractivity (Wildman–Crippen MR) is 128 cm³/mol. The molecule has 0 unspecified atom stereocenters. The average Bonchev–Trinajstić information content (AvgIpc) is 3.37. The minimum Gasteiger partial charge on any atom is -0.333 e. The van der Waals surface area contributed by atoms with Gasteiger partial charge in [-0.15, -0.1) is 0 Å². The van der Waals surface area contributed by atoms with Crippen LogP contribution >= 0.6 is 24.4 Å². The van der Waals surface area contributed by atoms with Gasteiger partial charge in [0, 0.05) is 11.8 Å². The van der Waals surface area contributed by atoms with Crippen LogP contribution in [0.1, 0.15) is 5.56 Å². The fourth-order valence-corrected chi connectivity index (χ4v) is 3.95. The van der Waals surface area contributed by atoms with Gasteiger partial charge in [-0.05, 0) is 48.0 Å². The maximum atomic E-state index is 5.73. The number of rotatable bonds is 5. The first-order valence-corrected chi connectivity index (χ1v) is 11.1. The minimum absolute atomic E-state index is 0.181. The molecule has 0 bridgehead atoms. The second kappa shape index (κ2) is 9.84. The molecule has 152 valence electrons. The molecular formula is C23H23N5S2. The zero-order valence-corrected chi connectivity index (χ0v) is 18.0. The van der Waals surface area contributed by atoms with E-state index in [1.54, 1.807) is 0 Å². The van der Waals surface area contributed by atoms with Gasteiger partial charge in [0.15, 0.2) is 10.3 Å². The Bertz CT molecular complexity index is 1080. The van der Waals surface area contributed by atoms with Gasteiger partial charge < -0.3 is 15.7 Å². The Morgan fingerprint density at radius 3 is 1.77 bits per heavy atom. The lowest BCUT2D eigenvalue weighted by atomic mass is 10.1. The smallest absolute Gasteiger partial charge is 0.174 e. The van der Waals surface area contributed by atoms with Crippen LogP contribution in [0.15, 0.2) is 89.2 Å². The van der Waals surface area contributed by atoms with Gasteiger partial charge in [0.1, 0.15) is 0 Å². The number of benzene rings is 3. The summed E-state index contributed by atoms with van der Waals surface area (Å²) < 4.78 is 0. The van der Waals surface area contributed by atoms with Crippen molar-refractivity contribution < 1.29 is 0 Å². The first kappa shape index (κ1) is 20.5. The Balaban J connectivity index is 0.000000170. The summed E-state index contributed by atoms with van der Waals surface area (Å²) in [5.74, 6) is 0.745. The maximum absolute atomic E-state index is 5.73. The number of nitrogens with one attached hydrogen (secondary N) is 2. The van der Waals surface area contributed by atoms with E-state index in [-0.39, 0.29) is 6.04 Å². The molecule has 0 fully saturated rings. The molecule has 0 aliphatic rings. The topological polar surface area (TPSA) is 83.4 Å². The number of hydrogen-bond acceptors (Lipinski definition) is 5. The minimum atomic E-state index is 0.181. The summed E-state index contributed by atoms with van der Waals surface area (Å²) in [5.41, 5.74) is 11.0. The molecule has 5 aromatic rings. The zero-order chi connectivity index (χ0) is 20.8. The molecule has 0 saturated heterocycles. The van der Waals surface area contributed by atoms with Crippen LogP contribution in [0.2, 0.25) is 0 Å². The van der Waals surface area contributed by atoms with Crippen molar-refractivity contribution >= 4 is 46.5 Å². The third kappa shape index (κ3) is 5.24. The lowest BCUT2D eigenvalue weighted by Gasteiger charge is -2.06. The standard InChI is InChI=1S/C14H10N4S.C9H13NS/c1-2-6-10-9(5-1)15-13(16-10)19-14-17-11-7-3-4-8-12(11)18-14;10-9(7-11)6-8-4-2-1-3-5-8/h1-8H,(H,15,16)(H,17,18);1-5,9,11H,6-7,10H2/t;9-/m.1/s1. The third-order valence-corrected chi connectivity index (χ3v) is 5.75. The molecule has 0 saturated carbocycles. The Labute approximate surface area is 184 Å². The number of nitrogens with two attached hydrogens (primary N) is 1. The van der Waals surface area contributed by atoms with Crippen LogP contribution in [0.5, 0.6) is 0 Å². The van der Waals surface area contributed by atoms with Gasteiger partial charge in [0.2, 0.25) is 0 Å². The Morgan fingerprint density at radius 1 is 0.767 bits per heavy atom. The summed E-state index contributed by atoms with van der Waals surface area (Å²) in [4.78, 5) is 15.6. The molecule has 1 atom stereocenters. The summed E-state index contributed by atoms with van der Waals surface area (Å²) in [6.07, 6.45) is 0.921. The normalized spacial score (nSPS) is 11.9. The highest BCUT2D eigenvalue weighted by Gasteiger charge is 2.07. The van der Waals surface area contributed by atoms with Gasteiger partial charge in [-0.25, -0.2) is 9.97 Å². The van der Waals surface area contributed by atoms with Crippen molar-refractivity contribution in [3.05, 3.63) is 84.4 Å². The van der Waals surface area contributed by atoms with E-state index in [1.807, 2.05) is 66.7 Å². The third-order valence-electron chi connectivity index (χ3n) is 4.50. The van der Waals surface area contributed by atoms with Crippen molar-refractivity contribution in [2.24, 2.45) is 5.73 Å². The largest absolute Gasteiger partial charge is 0.333 e. The fourth-order valence-electron chi connectivity index (χ4n) is 3.03. The van der Waals surface area contributed by atoms with Crippen molar-refractivity contribution in [2.75, 3.05) is 5.75 Å². The summed E-state index contributed by atoms with van der Waals surface area (Å²) in [6.45, 7) is 0. The van der Waals surface area contributed by atoms with Gasteiger partial charge in [0.25, 0.3) is 0 Å². The number of imidazole rings is 2. The van der Waals surface area contributed by atoms with Crippen molar-refractivity contribution in [1.29, 1.82) is 0 Å². The first-order chi connectivity index (χ1) is 14.7. The van der Waals surface area contributed by atoms with E-state index >= 15 is 0 Å². The van der Waals surface area contributed by atoms with Gasteiger partial charge in [0.05, 0.1) is 22.1 Å². The highest BCUT2D eigenvalue weighted by atomic mass is 32.2. The van der Waals surface area contributed by atoms with Gasteiger partial charge in [-0.3, -0.25) is 0 Å². The summed E-state index contributed by atoms with van der Waals surface area (Å²) in [6, 6.07) is 26.4. The number of H-pyrrole nitrogens is 2. The van der Waals surface area contributed by atoms with E-state index in [9.17, 15) is 0 Å². The van der Waals surface area contributed by atoms with Crippen LogP contribution in [-0.2, 0) is 6.42 Å². The maximum Gasteiger partial charge on any atom is 0.174 e. The van der Waals surface area contributed by atoms with Crippen LogP contribution in [-0.4, -0.2) is 31.7 Å². The molecule has 0 spiro atoms. The summed E-state index contributed by atoms with van der Waals surface area (Å²) >= 11 is 5.63. The molecule has 5 rings (SSSR count). The summed E-state index contributed by atoms with van der Waals surface area (Å²) in [7, 11) is 0. The number of thiol groups is 1. The van der Waals surface area contributed by atoms with Crippen LogP contribution in [0.25, 0.3) is 22.1 Å². The molecule has 3 aromatic carbocycles. The monoisotopic (exact) mass is 433 g/mol. The predicted octanol–water partition coefficient (Wildman–Crippen LogP) is 5.08. The number of aromatic nitrogens is 4. The van der Waals surface area contributed by atoms with E-state index in [4.69, 9.17) is 5.73 Å². The van der Waals surface area contributed by atoms with E-state index in [0.717, 1.165) is 44.6 Å². The highest BCUT2D eigenvalue weighted by molar-refractivity contribution is 7.99. The number of para-hydroxylation sites is 4. The highest BCUT2D eigenvalue weighted by Crippen LogP contribution is 2.26. The van der Waals surface area contributed by atoms with E-state index in [1.165, 1.54) is 17.3 Å². The van der Waals surface area contributed by atoms with Crippen molar-refractivity contribution in [2.45, 2.75) is 22.8 Å². The molecule has 5 nitrogen and oxygen atoms in total. The number of hydrogen-bond donors (Lipinski definition) is 4. The van der Waals surface area contributed by atoms with Crippen LogP contribution in [0.3, 0.4) is 0 Å². The van der Waals surface area contributed by atoms with Crippen LogP contribution in [0, 0.1) is 0 Å².